The predicted molar refractivity (Wildman–Crippen MR) is 104 cm³/mol. The molecule has 28 heavy (non-hydrogen) atoms. The van der Waals surface area contributed by atoms with Crippen molar-refractivity contribution >= 4 is 23.5 Å². The maximum atomic E-state index is 12.5. The highest BCUT2D eigenvalue weighted by Gasteiger charge is 2.45. The Morgan fingerprint density at radius 1 is 1.11 bits per heavy atom. The van der Waals surface area contributed by atoms with Crippen molar-refractivity contribution in [3.63, 3.8) is 0 Å². The number of phosphoric acid groups is 1. The van der Waals surface area contributed by atoms with Crippen LogP contribution >= 0.6 is 7.82 Å². The largest absolute Gasteiger partial charge is 0.472 e. The van der Waals surface area contributed by atoms with Gasteiger partial charge in [0.1, 0.15) is 14.0 Å². The number of ether oxygens (including phenoxy) is 3. The summed E-state index contributed by atoms with van der Waals surface area (Å²) in [6, 6.07) is -0.517. The molecule has 11 heteroatoms. The summed E-state index contributed by atoms with van der Waals surface area (Å²) in [6.45, 7) is 7.46. The van der Waals surface area contributed by atoms with Crippen LogP contribution in [0.15, 0.2) is 0 Å². The van der Waals surface area contributed by atoms with Gasteiger partial charge in [-0.05, 0) is 46.4 Å². The fraction of sp³-hybridized carbons (Fsp3) is 1.00. The molecule has 0 aromatic heterocycles. The molecule has 0 aromatic rings. The molecule has 1 aliphatic carbocycles. The van der Waals surface area contributed by atoms with E-state index in [2.05, 4.69) is 0 Å². The van der Waals surface area contributed by atoms with E-state index in [1.807, 2.05) is 27.7 Å². The fourth-order valence-electron chi connectivity index (χ4n) is 3.51. The van der Waals surface area contributed by atoms with Crippen LogP contribution in [0.25, 0.3) is 0 Å². The third-order valence-corrected chi connectivity index (χ3v) is 5.84. The van der Waals surface area contributed by atoms with Gasteiger partial charge in [0.05, 0.1) is 51.6 Å². The Labute approximate surface area is 170 Å². The SMILES string of the molecule is [B][C@H]1CC(OC(C)C)[C@@H](COP(=O)(O)OC2C[C@H]([B])C(O)[C@@H]2COC(C)C)O1. The van der Waals surface area contributed by atoms with Crippen molar-refractivity contribution in [2.75, 3.05) is 13.2 Å². The molecule has 2 rings (SSSR count). The quantitative estimate of drug-likeness (QED) is 0.406. The number of hydrogen-bond acceptors (Lipinski definition) is 7. The summed E-state index contributed by atoms with van der Waals surface area (Å²) in [4.78, 5) is 10.2. The van der Waals surface area contributed by atoms with E-state index in [1.54, 1.807) is 0 Å². The average Bonchev–Trinajstić information content (AvgIpc) is 3.02. The van der Waals surface area contributed by atoms with Gasteiger partial charge in [-0.2, -0.15) is 0 Å². The summed E-state index contributed by atoms with van der Waals surface area (Å²) in [5, 5.41) is 10.2. The van der Waals surface area contributed by atoms with Crippen LogP contribution in [0.3, 0.4) is 0 Å². The molecule has 8 nitrogen and oxygen atoms in total. The molecule has 158 valence electrons. The molecule has 2 aliphatic rings. The van der Waals surface area contributed by atoms with Crippen LogP contribution in [-0.2, 0) is 27.8 Å². The van der Waals surface area contributed by atoms with Crippen LogP contribution in [0.2, 0.25) is 5.82 Å². The van der Waals surface area contributed by atoms with E-state index in [4.69, 9.17) is 39.0 Å². The van der Waals surface area contributed by atoms with E-state index >= 15 is 0 Å². The molecule has 2 fully saturated rings. The monoisotopic (exact) mass is 416 g/mol. The molecule has 0 bridgehead atoms. The second-order valence-electron chi connectivity index (χ2n) is 8.02. The fourth-order valence-corrected chi connectivity index (χ4v) is 4.49. The minimum Gasteiger partial charge on any atom is -0.393 e. The zero-order chi connectivity index (χ0) is 21.1. The van der Waals surface area contributed by atoms with Crippen LogP contribution in [0.1, 0.15) is 40.5 Å². The van der Waals surface area contributed by atoms with E-state index in [-0.39, 0.29) is 37.9 Å². The summed E-state index contributed by atoms with van der Waals surface area (Å²) < 4.78 is 39.7. The van der Waals surface area contributed by atoms with Crippen molar-refractivity contribution in [2.24, 2.45) is 5.92 Å². The summed E-state index contributed by atoms with van der Waals surface area (Å²) in [6.07, 6.45) is -1.93. The van der Waals surface area contributed by atoms with Gasteiger partial charge < -0.3 is 24.2 Å². The Hall–Kier alpha value is 0.0799. The second kappa shape index (κ2) is 10.4. The molecule has 0 spiro atoms. The van der Waals surface area contributed by atoms with Gasteiger partial charge in [-0.15, -0.1) is 0 Å². The van der Waals surface area contributed by atoms with Crippen molar-refractivity contribution in [2.45, 2.75) is 89.0 Å². The Balaban J connectivity index is 1.91. The molecular weight excluding hydrogens is 385 g/mol. The maximum Gasteiger partial charge on any atom is 0.472 e. The van der Waals surface area contributed by atoms with Gasteiger partial charge in [-0.25, -0.2) is 4.57 Å². The number of rotatable bonds is 10. The van der Waals surface area contributed by atoms with Gasteiger partial charge in [-0.3, -0.25) is 9.05 Å². The van der Waals surface area contributed by atoms with Gasteiger partial charge in [0.2, 0.25) is 0 Å². The zero-order valence-corrected chi connectivity index (χ0v) is 17.9. The normalized spacial score (nSPS) is 38.4. The minimum atomic E-state index is -4.41. The third kappa shape index (κ3) is 7.10. The van der Waals surface area contributed by atoms with Crippen molar-refractivity contribution in [3.05, 3.63) is 0 Å². The average molecular weight is 416 g/mol. The smallest absolute Gasteiger partial charge is 0.393 e. The molecule has 0 aromatic carbocycles. The minimum absolute atomic E-state index is 0.0400. The van der Waals surface area contributed by atoms with Crippen molar-refractivity contribution in [1.29, 1.82) is 0 Å². The molecule has 1 saturated carbocycles. The lowest BCUT2D eigenvalue weighted by molar-refractivity contribution is -0.0619. The van der Waals surface area contributed by atoms with E-state index in [0.717, 1.165) is 0 Å². The van der Waals surface area contributed by atoms with Crippen molar-refractivity contribution in [1.82, 2.24) is 0 Å². The molecule has 0 amide bonds. The molecule has 1 aliphatic heterocycles. The first-order chi connectivity index (χ1) is 13.0. The Kier molecular flexibility index (Phi) is 9.05. The Morgan fingerprint density at radius 2 is 1.79 bits per heavy atom. The van der Waals surface area contributed by atoms with Crippen LogP contribution in [0, 0.1) is 5.92 Å². The van der Waals surface area contributed by atoms with E-state index in [9.17, 15) is 14.6 Å². The Morgan fingerprint density at radius 3 is 2.39 bits per heavy atom. The molecular formula is C17H31B2O8P. The number of aliphatic hydroxyl groups excluding tert-OH is 1. The van der Waals surface area contributed by atoms with E-state index in [0.29, 0.717) is 6.42 Å². The highest BCUT2D eigenvalue weighted by Crippen LogP contribution is 2.50. The zero-order valence-electron chi connectivity index (χ0n) is 17.0. The summed E-state index contributed by atoms with van der Waals surface area (Å²) >= 11 is 0. The molecule has 8 atom stereocenters. The van der Waals surface area contributed by atoms with Crippen molar-refractivity contribution in [3.8, 4) is 0 Å². The lowest BCUT2D eigenvalue weighted by atomic mass is 9.83. The van der Waals surface area contributed by atoms with E-state index in [1.165, 1.54) is 0 Å². The summed E-state index contributed by atoms with van der Waals surface area (Å²) in [7, 11) is 7.27. The topological polar surface area (TPSA) is 104 Å². The first-order valence-corrected chi connectivity index (χ1v) is 11.3. The van der Waals surface area contributed by atoms with Gasteiger partial charge >= 0.3 is 7.82 Å². The van der Waals surface area contributed by atoms with Gasteiger partial charge in [0.25, 0.3) is 0 Å². The summed E-state index contributed by atoms with van der Waals surface area (Å²) in [5.74, 6) is -1.08. The van der Waals surface area contributed by atoms with Gasteiger partial charge in [-0.1, -0.05) is 0 Å². The highest BCUT2D eigenvalue weighted by atomic mass is 31.2. The van der Waals surface area contributed by atoms with Crippen LogP contribution < -0.4 is 0 Å². The molecule has 1 heterocycles. The molecule has 1 saturated heterocycles. The first kappa shape index (κ1) is 24.4. The van der Waals surface area contributed by atoms with Crippen LogP contribution in [0.4, 0.5) is 0 Å². The Bertz CT molecular complexity index is 537. The lowest BCUT2D eigenvalue weighted by Gasteiger charge is -2.26. The number of hydrogen-bond donors (Lipinski definition) is 2. The third-order valence-electron chi connectivity index (χ3n) is 4.83. The van der Waals surface area contributed by atoms with E-state index < -0.39 is 43.9 Å². The predicted octanol–water partition coefficient (Wildman–Crippen LogP) is 1.33. The van der Waals surface area contributed by atoms with Crippen LogP contribution in [0.5, 0.6) is 0 Å². The second-order valence-corrected chi connectivity index (χ2v) is 9.42. The molecule has 4 unspecified atom stereocenters. The standard InChI is InChI=1S/C17H31B2O8P/c1-9(2)23-7-11-13(5-12(18)17(11)20)27-28(21,22)24-8-15-14(25-10(3)4)6-16(19)26-15/h9-17,20H,5-8H2,1-4H3,(H,21,22)/t11-,12+,13?,14?,15-,16-,17?/m1/s1. The van der Waals surface area contributed by atoms with Crippen molar-refractivity contribution < 1.29 is 37.8 Å². The van der Waals surface area contributed by atoms with Gasteiger partial charge in [0.15, 0.2) is 0 Å². The number of phosphoric ester groups is 1. The van der Waals surface area contributed by atoms with Crippen LogP contribution in [-0.4, -0.2) is 81.5 Å². The molecule has 2 N–H and O–H groups in total. The number of aliphatic hydroxyl groups is 1. The summed E-state index contributed by atoms with van der Waals surface area (Å²) in [5.41, 5.74) is 0. The highest BCUT2D eigenvalue weighted by molar-refractivity contribution is 7.47. The van der Waals surface area contributed by atoms with Gasteiger partial charge in [0, 0.05) is 11.9 Å². The first-order valence-electron chi connectivity index (χ1n) is 9.76. The lowest BCUT2D eigenvalue weighted by Crippen LogP contribution is -2.32. The maximum absolute atomic E-state index is 12.5. The molecule has 4 radical (unpaired) electrons.